The number of carbonyl (C=O) groups excluding carboxylic acids is 2. The minimum atomic E-state index is -0.428. The van der Waals surface area contributed by atoms with E-state index in [1.54, 1.807) is 0 Å². The van der Waals surface area contributed by atoms with E-state index >= 15 is 0 Å². The fourth-order valence-electron chi connectivity index (χ4n) is 0.813. The molecule has 0 aromatic carbocycles. The Morgan fingerprint density at radius 2 is 2.07 bits per heavy atom. The molecule has 82 valence electrons. The lowest BCUT2D eigenvalue weighted by molar-refractivity contribution is -0.118. The smallest absolute Gasteiger partial charge is 0.407 e. The van der Waals surface area contributed by atoms with E-state index in [1.165, 1.54) is 0 Å². The van der Waals surface area contributed by atoms with Crippen LogP contribution in [0.3, 0.4) is 0 Å². The van der Waals surface area contributed by atoms with Gasteiger partial charge in [0.25, 0.3) is 0 Å². The third-order valence-electron chi connectivity index (χ3n) is 1.60. The molecule has 0 heterocycles. The minimum absolute atomic E-state index is 0.287. The van der Waals surface area contributed by atoms with E-state index < -0.39 is 6.09 Å². The molecular formula is C9H18N2O3. The average molecular weight is 202 g/mol. The second-order valence-electron chi connectivity index (χ2n) is 2.99. The SMILES string of the molecule is CCCCOC(=O)NCCCC(N)=O. The number of hydrogen-bond donors (Lipinski definition) is 2. The number of alkyl carbamates (subject to hydrolysis) is 1. The molecule has 0 aromatic rings. The van der Waals surface area contributed by atoms with Crippen molar-refractivity contribution >= 4 is 12.0 Å². The lowest BCUT2D eigenvalue weighted by Gasteiger charge is -2.05. The molecule has 0 rings (SSSR count). The van der Waals surface area contributed by atoms with Gasteiger partial charge in [0, 0.05) is 13.0 Å². The number of rotatable bonds is 7. The van der Waals surface area contributed by atoms with Gasteiger partial charge in [-0.2, -0.15) is 0 Å². The zero-order valence-electron chi connectivity index (χ0n) is 8.54. The van der Waals surface area contributed by atoms with Crippen LogP contribution in [-0.2, 0) is 9.53 Å². The zero-order chi connectivity index (χ0) is 10.8. The van der Waals surface area contributed by atoms with Crippen LogP contribution in [0.2, 0.25) is 0 Å². The molecule has 0 aliphatic heterocycles. The molecule has 14 heavy (non-hydrogen) atoms. The topological polar surface area (TPSA) is 81.4 Å². The van der Waals surface area contributed by atoms with Crippen LogP contribution in [-0.4, -0.2) is 25.2 Å². The van der Waals surface area contributed by atoms with Crippen molar-refractivity contribution < 1.29 is 14.3 Å². The van der Waals surface area contributed by atoms with Crippen LogP contribution in [0.4, 0.5) is 4.79 Å². The van der Waals surface area contributed by atoms with Crippen LogP contribution in [0, 0.1) is 0 Å². The van der Waals surface area contributed by atoms with Crippen LogP contribution >= 0.6 is 0 Å². The maximum atomic E-state index is 10.9. The number of carbonyl (C=O) groups is 2. The predicted octanol–water partition coefficient (Wildman–Crippen LogP) is 0.778. The largest absolute Gasteiger partial charge is 0.450 e. The quantitative estimate of drug-likeness (QED) is 0.598. The Balaban J connectivity index is 3.22. The molecule has 0 unspecified atom stereocenters. The molecule has 0 aliphatic rings. The summed E-state index contributed by atoms with van der Waals surface area (Å²) in [5.41, 5.74) is 4.92. The molecule has 0 saturated carbocycles. The Hall–Kier alpha value is -1.26. The van der Waals surface area contributed by atoms with Gasteiger partial charge in [-0.1, -0.05) is 13.3 Å². The third kappa shape index (κ3) is 8.83. The van der Waals surface area contributed by atoms with E-state index in [1.807, 2.05) is 6.92 Å². The highest BCUT2D eigenvalue weighted by Gasteiger charge is 2.00. The molecule has 0 aromatic heterocycles. The summed E-state index contributed by atoms with van der Waals surface area (Å²) in [7, 11) is 0. The Morgan fingerprint density at radius 3 is 2.64 bits per heavy atom. The first-order valence-corrected chi connectivity index (χ1v) is 4.85. The van der Waals surface area contributed by atoms with Gasteiger partial charge in [0.15, 0.2) is 0 Å². The van der Waals surface area contributed by atoms with E-state index in [2.05, 4.69) is 5.32 Å². The molecule has 2 amide bonds. The van der Waals surface area contributed by atoms with Crippen LogP contribution in [0.25, 0.3) is 0 Å². The lowest BCUT2D eigenvalue weighted by Crippen LogP contribution is -2.26. The maximum absolute atomic E-state index is 10.9. The highest BCUT2D eigenvalue weighted by Crippen LogP contribution is 1.89. The molecule has 0 spiro atoms. The van der Waals surface area contributed by atoms with Gasteiger partial charge in [0.1, 0.15) is 0 Å². The van der Waals surface area contributed by atoms with E-state index in [4.69, 9.17) is 10.5 Å². The second-order valence-corrected chi connectivity index (χ2v) is 2.99. The second kappa shape index (κ2) is 8.34. The van der Waals surface area contributed by atoms with Crippen molar-refractivity contribution in [2.45, 2.75) is 32.6 Å². The zero-order valence-corrected chi connectivity index (χ0v) is 8.54. The van der Waals surface area contributed by atoms with Crippen molar-refractivity contribution in [2.24, 2.45) is 5.73 Å². The van der Waals surface area contributed by atoms with Crippen LogP contribution in [0.5, 0.6) is 0 Å². The standard InChI is InChI=1S/C9H18N2O3/c1-2-3-7-14-9(13)11-6-4-5-8(10)12/h2-7H2,1H3,(H2,10,12)(H,11,13). The summed E-state index contributed by atoms with van der Waals surface area (Å²) in [4.78, 5) is 21.2. The van der Waals surface area contributed by atoms with E-state index in [0.29, 0.717) is 19.6 Å². The molecule has 3 N–H and O–H groups in total. The molecule has 0 atom stereocenters. The van der Waals surface area contributed by atoms with Crippen LogP contribution in [0.15, 0.2) is 0 Å². The van der Waals surface area contributed by atoms with Gasteiger partial charge in [-0.3, -0.25) is 4.79 Å². The Bertz CT molecular complexity index is 183. The highest BCUT2D eigenvalue weighted by molar-refractivity contribution is 5.73. The molecule has 0 radical (unpaired) electrons. The number of hydrogen-bond acceptors (Lipinski definition) is 3. The van der Waals surface area contributed by atoms with Gasteiger partial charge in [0.2, 0.25) is 5.91 Å². The number of ether oxygens (including phenoxy) is 1. The lowest BCUT2D eigenvalue weighted by atomic mass is 10.3. The van der Waals surface area contributed by atoms with Gasteiger partial charge < -0.3 is 15.8 Å². The molecule has 0 saturated heterocycles. The molecule has 0 bridgehead atoms. The summed E-state index contributed by atoms with van der Waals surface area (Å²) >= 11 is 0. The maximum Gasteiger partial charge on any atom is 0.407 e. The van der Waals surface area contributed by atoms with Gasteiger partial charge in [-0.05, 0) is 12.8 Å². The fraction of sp³-hybridized carbons (Fsp3) is 0.778. The molecule has 0 aliphatic carbocycles. The van der Waals surface area contributed by atoms with Crippen molar-refractivity contribution in [3.05, 3.63) is 0 Å². The molecular weight excluding hydrogens is 184 g/mol. The Kier molecular flexibility index (Phi) is 7.59. The van der Waals surface area contributed by atoms with Gasteiger partial charge in [-0.15, -0.1) is 0 Å². The van der Waals surface area contributed by atoms with Gasteiger partial charge >= 0.3 is 6.09 Å². The average Bonchev–Trinajstić information content (AvgIpc) is 2.13. The van der Waals surface area contributed by atoms with Crippen molar-refractivity contribution in [3.63, 3.8) is 0 Å². The first-order valence-electron chi connectivity index (χ1n) is 4.85. The van der Waals surface area contributed by atoms with E-state index in [9.17, 15) is 9.59 Å². The minimum Gasteiger partial charge on any atom is -0.450 e. The summed E-state index contributed by atoms with van der Waals surface area (Å²) in [6.07, 6.45) is 2.28. The molecule has 5 heteroatoms. The first kappa shape index (κ1) is 12.7. The number of primary amides is 1. The molecule has 0 fully saturated rings. The third-order valence-corrected chi connectivity index (χ3v) is 1.60. The Morgan fingerprint density at radius 1 is 1.36 bits per heavy atom. The normalized spacial score (nSPS) is 9.50. The van der Waals surface area contributed by atoms with Crippen molar-refractivity contribution in [1.82, 2.24) is 5.32 Å². The first-order chi connectivity index (χ1) is 6.66. The van der Waals surface area contributed by atoms with Gasteiger partial charge in [0.05, 0.1) is 6.61 Å². The summed E-state index contributed by atoms with van der Waals surface area (Å²) in [6, 6.07) is 0. The van der Waals surface area contributed by atoms with Crippen molar-refractivity contribution in [3.8, 4) is 0 Å². The number of nitrogens with one attached hydrogen (secondary N) is 1. The number of amides is 2. The molecule has 5 nitrogen and oxygen atoms in total. The van der Waals surface area contributed by atoms with Crippen molar-refractivity contribution in [2.75, 3.05) is 13.2 Å². The Labute approximate surface area is 84.0 Å². The van der Waals surface area contributed by atoms with E-state index in [0.717, 1.165) is 12.8 Å². The summed E-state index contributed by atoms with van der Waals surface area (Å²) in [5.74, 6) is -0.355. The van der Waals surface area contributed by atoms with Crippen molar-refractivity contribution in [1.29, 1.82) is 0 Å². The predicted molar refractivity (Wildman–Crippen MR) is 52.7 cm³/mol. The highest BCUT2D eigenvalue weighted by atomic mass is 16.5. The van der Waals surface area contributed by atoms with Crippen LogP contribution in [0.1, 0.15) is 32.6 Å². The van der Waals surface area contributed by atoms with Crippen LogP contribution < -0.4 is 11.1 Å². The van der Waals surface area contributed by atoms with E-state index in [-0.39, 0.29) is 12.3 Å². The number of nitrogens with two attached hydrogens (primary N) is 1. The summed E-state index contributed by atoms with van der Waals surface area (Å²) in [5, 5.41) is 2.53. The monoisotopic (exact) mass is 202 g/mol. The number of unbranched alkanes of at least 4 members (excludes halogenated alkanes) is 1. The fourth-order valence-corrected chi connectivity index (χ4v) is 0.813. The van der Waals surface area contributed by atoms with Gasteiger partial charge in [-0.25, -0.2) is 4.79 Å². The summed E-state index contributed by atoms with van der Waals surface area (Å²) < 4.78 is 4.82. The summed E-state index contributed by atoms with van der Waals surface area (Å²) in [6.45, 7) is 2.89.